The van der Waals surface area contributed by atoms with Crippen molar-refractivity contribution in [2.75, 3.05) is 35.5 Å². The van der Waals surface area contributed by atoms with E-state index in [2.05, 4.69) is 4.98 Å². The summed E-state index contributed by atoms with van der Waals surface area (Å²) >= 11 is 6.35. The van der Waals surface area contributed by atoms with E-state index in [0.717, 1.165) is 5.56 Å². The number of aliphatic hydroxyl groups excluding tert-OH is 1. The zero-order chi connectivity index (χ0) is 28.3. The van der Waals surface area contributed by atoms with E-state index in [1.807, 2.05) is 0 Å². The number of likely N-dealkylation sites (tertiary alicyclic amines) is 1. The second kappa shape index (κ2) is 11.5. The summed E-state index contributed by atoms with van der Waals surface area (Å²) in [5.74, 6) is -0.691. The van der Waals surface area contributed by atoms with Crippen LogP contribution in [0.3, 0.4) is 0 Å². The van der Waals surface area contributed by atoms with Gasteiger partial charge in [0.15, 0.2) is 11.5 Å². The van der Waals surface area contributed by atoms with E-state index in [-0.39, 0.29) is 28.5 Å². The van der Waals surface area contributed by atoms with E-state index in [1.165, 1.54) is 52.6 Å². The Labute approximate surface area is 230 Å². The third-order valence-electron chi connectivity index (χ3n) is 6.37. The van der Waals surface area contributed by atoms with Gasteiger partial charge in [-0.2, -0.15) is 0 Å². The number of methoxy groups -OCH3 is 5. The first-order chi connectivity index (χ1) is 18.8. The SMILES string of the molecule is COc1cc(OC)c(/C(O)=C2\C(=O)C(=O)N(Cc3ccncc3)C2c2cc(OC)c(OC)c(OC)c2)cc1Cl. The number of ketones is 1. The summed E-state index contributed by atoms with van der Waals surface area (Å²) in [5, 5.41) is 11.8. The molecule has 1 unspecified atom stereocenters. The number of carbonyl (C=O) groups excluding carboxylic acids is 2. The number of hydrogen-bond donors (Lipinski definition) is 1. The molecule has 2 heterocycles. The minimum Gasteiger partial charge on any atom is -0.507 e. The van der Waals surface area contributed by atoms with Crippen molar-refractivity contribution < 1.29 is 38.4 Å². The van der Waals surface area contributed by atoms with Crippen molar-refractivity contribution in [3.8, 4) is 28.7 Å². The van der Waals surface area contributed by atoms with Gasteiger partial charge in [-0.05, 0) is 41.5 Å². The van der Waals surface area contributed by atoms with Crippen LogP contribution in [-0.4, -0.2) is 62.2 Å². The van der Waals surface area contributed by atoms with Crippen LogP contribution in [0, 0.1) is 0 Å². The number of halogens is 1. The van der Waals surface area contributed by atoms with Crippen LogP contribution in [0.5, 0.6) is 28.7 Å². The third-order valence-corrected chi connectivity index (χ3v) is 6.67. The van der Waals surface area contributed by atoms with E-state index in [1.54, 1.807) is 36.7 Å². The summed E-state index contributed by atoms with van der Waals surface area (Å²) < 4.78 is 27.2. The Morgan fingerprint density at radius 2 is 1.46 bits per heavy atom. The molecule has 11 heteroatoms. The largest absolute Gasteiger partial charge is 0.507 e. The average molecular weight is 555 g/mol. The number of hydrogen-bond acceptors (Lipinski definition) is 9. The maximum atomic E-state index is 13.5. The first kappa shape index (κ1) is 27.6. The molecule has 39 heavy (non-hydrogen) atoms. The smallest absolute Gasteiger partial charge is 0.295 e. The van der Waals surface area contributed by atoms with E-state index in [0.29, 0.717) is 28.6 Å². The number of pyridine rings is 1. The number of amides is 1. The number of ether oxygens (including phenoxy) is 5. The highest BCUT2D eigenvalue weighted by Gasteiger charge is 2.47. The molecule has 3 aromatic rings. The highest BCUT2D eigenvalue weighted by molar-refractivity contribution is 6.46. The van der Waals surface area contributed by atoms with Gasteiger partial charge in [-0.3, -0.25) is 14.6 Å². The van der Waals surface area contributed by atoms with Gasteiger partial charge >= 0.3 is 0 Å². The number of aliphatic hydroxyl groups is 1. The minimum absolute atomic E-state index is 0.0612. The van der Waals surface area contributed by atoms with Crippen molar-refractivity contribution >= 4 is 29.1 Å². The van der Waals surface area contributed by atoms with Crippen molar-refractivity contribution in [2.45, 2.75) is 12.6 Å². The summed E-state index contributed by atoms with van der Waals surface area (Å²) in [6.45, 7) is 0.0612. The van der Waals surface area contributed by atoms with E-state index in [4.69, 9.17) is 35.3 Å². The maximum absolute atomic E-state index is 13.5. The quantitative estimate of drug-likeness (QED) is 0.233. The van der Waals surface area contributed by atoms with Gasteiger partial charge in [-0.15, -0.1) is 0 Å². The Bertz CT molecular complexity index is 1420. The highest BCUT2D eigenvalue weighted by Crippen LogP contribution is 2.47. The lowest BCUT2D eigenvalue weighted by Crippen LogP contribution is -2.29. The van der Waals surface area contributed by atoms with Gasteiger partial charge in [0.05, 0.1) is 57.8 Å². The van der Waals surface area contributed by atoms with Crippen molar-refractivity contribution in [3.05, 3.63) is 76.1 Å². The number of rotatable bonds is 9. The molecule has 0 radical (unpaired) electrons. The van der Waals surface area contributed by atoms with Crippen LogP contribution in [-0.2, 0) is 16.1 Å². The molecule has 1 N–H and O–H groups in total. The van der Waals surface area contributed by atoms with E-state index < -0.39 is 23.5 Å². The van der Waals surface area contributed by atoms with Crippen molar-refractivity contribution in [1.82, 2.24) is 9.88 Å². The van der Waals surface area contributed by atoms with Crippen LogP contribution < -0.4 is 23.7 Å². The standard InChI is InChI=1S/C28H27ClN2O8/c1-35-19-13-20(36-2)18(29)12-17(19)25(32)23-24(16-10-21(37-3)27(39-5)22(11-16)38-4)31(28(34)26(23)33)14-15-6-8-30-9-7-15/h6-13,24,32H,14H2,1-5H3/b25-23+. The molecule has 1 aliphatic heterocycles. The zero-order valence-corrected chi connectivity index (χ0v) is 22.7. The van der Waals surface area contributed by atoms with Crippen LogP contribution in [0.15, 0.2) is 54.4 Å². The van der Waals surface area contributed by atoms with Gasteiger partial charge in [-0.1, -0.05) is 11.6 Å². The molecule has 1 atom stereocenters. The predicted molar refractivity (Wildman–Crippen MR) is 143 cm³/mol. The number of aromatic nitrogens is 1. The molecule has 4 rings (SSSR count). The lowest BCUT2D eigenvalue weighted by molar-refractivity contribution is -0.140. The summed E-state index contributed by atoms with van der Waals surface area (Å²) in [6.07, 6.45) is 3.18. The number of carbonyl (C=O) groups is 2. The van der Waals surface area contributed by atoms with Gasteiger partial charge in [0.2, 0.25) is 5.75 Å². The van der Waals surface area contributed by atoms with Crippen LogP contribution in [0.1, 0.15) is 22.7 Å². The van der Waals surface area contributed by atoms with Crippen molar-refractivity contribution in [3.63, 3.8) is 0 Å². The lowest BCUT2D eigenvalue weighted by Gasteiger charge is -2.27. The monoisotopic (exact) mass is 554 g/mol. The van der Waals surface area contributed by atoms with Crippen LogP contribution in [0.25, 0.3) is 5.76 Å². The molecule has 2 aromatic carbocycles. The molecule has 1 aromatic heterocycles. The molecular formula is C28H27ClN2O8. The lowest BCUT2D eigenvalue weighted by atomic mass is 9.94. The highest BCUT2D eigenvalue weighted by atomic mass is 35.5. The second-order valence-electron chi connectivity index (χ2n) is 8.43. The normalized spacial score (nSPS) is 16.3. The third kappa shape index (κ3) is 5.03. The Morgan fingerprint density at radius 1 is 0.872 bits per heavy atom. The number of nitrogens with zero attached hydrogens (tertiary/aromatic N) is 2. The second-order valence-corrected chi connectivity index (χ2v) is 8.84. The summed E-state index contributed by atoms with van der Waals surface area (Å²) in [5.41, 5.74) is 1.12. The molecule has 0 spiro atoms. The van der Waals surface area contributed by atoms with Gasteiger partial charge in [0.25, 0.3) is 11.7 Å². The molecule has 204 valence electrons. The zero-order valence-electron chi connectivity index (χ0n) is 22.0. The number of Topliss-reactive ketones (excluding diaryl/α,β-unsaturated/α-hetero) is 1. The summed E-state index contributed by atoms with van der Waals surface area (Å²) in [7, 11) is 7.22. The first-order valence-electron chi connectivity index (χ1n) is 11.7. The van der Waals surface area contributed by atoms with E-state index >= 15 is 0 Å². The number of benzene rings is 2. The molecule has 10 nitrogen and oxygen atoms in total. The van der Waals surface area contributed by atoms with Gasteiger partial charge in [0.1, 0.15) is 17.3 Å². The molecule has 1 fully saturated rings. The molecule has 0 saturated carbocycles. The Morgan fingerprint density at radius 3 is 2.00 bits per heavy atom. The fourth-order valence-electron chi connectivity index (χ4n) is 4.52. The average Bonchev–Trinajstić information content (AvgIpc) is 3.21. The maximum Gasteiger partial charge on any atom is 0.295 e. The van der Waals surface area contributed by atoms with Crippen LogP contribution in [0.2, 0.25) is 5.02 Å². The van der Waals surface area contributed by atoms with Gasteiger partial charge < -0.3 is 33.7 Å². The molecular weight excluding hydrogens is 528 g/mol. The van der Waals surface area contributed by atoms with Crippen LogP contribution >= 0.6 is 11.6 Å². The van der Waals surface area contributed by atoms with Crippen molar-refractivity contribution in [1.29, 1.82) is 0 Å². The first-order valence-corrected chi connectivity index (χ1v) is 12.1. The fourth-order valence-corrected chi connectivity index (χ4v) is 4.76. The Hall–Kier alpha value is -4.44. The van der Waals surface area contributed by atoms with Crippen LogP contribution in [0.4, 0.5) is 0 Å². The molecule has 0 aliphatic carbocycles. The van der Waals surface area contributed by atoms with E-state index in [9.17, 15) is 14.7 Å². The summed E-state index contributed by atoms with van der Waals surface area (Å²) in [6, 6.07) is 8.59. The molecule has 0 bridgehead atoms. The predicted octanol–water partition coefficient (Wildman–Crippen LogP) is 4.40. The van der Waals surface area contributed by atoms with Gasteiger partial charge in [-0.25, -0.2) is 0 Å². The minimum atomic E-state index is -1.03. The molecule has 1 amide bonds. The topological polar surface area (TPSA) is 117 Å². The van der Waals surface area contributed by atoms with Gasteiger partial charge in [0, 0.05) is 25.0 Å². The molecule has 1 saturated heterocycles. The van der Waals surface area contributed by atoms with Crippen molar-refractivity contribution in [2.24, 2.45) is 0 Å². The summed E-state index contributed by atoms with van der Waals surface area (Å²) in [4.78, 5) is 32.4. The Kier molecular flexibility index (Phi) is 8.15. The fraction of sp³-hybridized carbons (Fsp3) is 0.250. The Balaban J connectivity index is 2.00. The molecule has 1 aliphatic rings.